The molecular weight excluding hydrogens is 288 g/mol. The molecule has 1 aliphatic carbocycles. The van der Waals surface area contributed by atoms with Crippen LogP contribution in [0.25, 0.3) is 0 Å². The molecule has 0 saturated heterocycles. The Morgan fingerprint density at radius 3 is 2.71 bits per heavy atom. The molecule has 1 amide bonds. The Hall–Kier alpha value is -1.36. The summed E-state index contributed by atoms with van der Waals surface area (Å²) in [6.45, 7) is 7.37. The number of aryl methyl sites for hydroxylation is 1. The number of hydrogen-bond acceptors (Lipinski definition) is 4. The van der Waals surface area contributed by atoms with Gasteiger partial charge in [-0.2, -0.15) is 0 Å². The van der Waals surface area contributed by atoms with Crippen molar-refractivity contribution in [2.45, 2.75) is 46.5 Å². The molecule has 2 rings (SSSR count). The minimum absolute atomic E-state index is 0.201. The lowest BCUT2D eigenvalue weighted by molar-refractivity contribution is -0.127. The van der Waals surface area contributed by atoms with Crippen molar-refractivity contribution in [3.63, 3.8) is 0 Å². The fourth-order valence-corrected chi connectivity index (χ4v) is 2.05. The third-order valence-corrected chi connectivity index (χ3v) is 3.55. The monoisotopic (exact) mass is 312 g/mol. The number of carbonyl (C=O) groups is 1. The van der Waals surface area contributed by atoms with E-state index in [1.54, 1.807) is 6.20 Å². The highest BCUT2D eigenvalue weighted by atomic mass is 35.5. The molecule has 1 fully saturated rings. The van der Waals surface area contributed by atoms with E-state index in [0.29, 0.717) is 6.54 Å². The Labute approximate surface area is 131 Å². The molecule has 1 aliphatic rings. The van der Waals surface area contributed by atoms with Crippen molar-refractivity contribution in [3.8, 4) is 0 Å². The Morgan fingerprint density at radius 1 is 1.38 bits per heavy atom. The van der Waals surface area contributed by atoms with Crippen LogP contribution >= 0.6 is 11.6 Å². The van der Waals surface area contributed by atoms with Gasteiger partial charge in [0.15, 0.2) is 0 Å². The average Bonchev–Trinajstić information content (AvgIpc) is 2.42. The molecule has 1 saturated carbocycles. The third-order valence-electron chi connectivity index (χ3n) is 3.36. The second-order valence-corrected chi connectivity index (χ2v) is 5.21. The molecule has 1 aromatic rings. The molecule has 0 spiro atoms. The van der Waals surface area contributed by atoms with Gasteiger partial charge < -0.3 is 10.6 Å². The Kier molecular flexibility index (Phi) is 8.05. The molecule has 0 aromatic carbocycles. The first-order chi connectivity index (χ1) is 10.2. The molecular formula is C15H25ClN4O. The van der Waals surface area contributed by atoms with Crippen LogP contribution in [0.5, 0.6) is 0 Å². The van der Waals surface area contributed by atoms with Crippen LogP contribution in [0.15, 0.2) is 6.20 Å². The zero-order chi connectivity index (χ0) is 15.7. The molecule has 0 bridgehead atoms. The highest BCUT2D eigenvalue weighted by Gasteiger charge is 2.24. The van der Waals surface area contributed by atoms with Crippen LogP contribution in [0.2, 0.25) is 5.28 Å². The summed E-state index contributed by atoms with van der Waals surface area (Å²) in [7, 11) is 0. The Balaban J connectivity index is 0.00000106. The van der Waals surface area contributed by atoms with E-state index in [4.69, 9.17) is 11.6 Å². The number of amides is 1. The summed E-state index contributed by atoms with van der Waals surface area (Å²) in [4.78, 5) is 19.6. The highest BCUT2D eigenvalue weighted by molar-refractivity contribution is 6.28. The predicted molar refractivity (Wildman–Crippen MR) is 86.6 cm³/mol. The predicted octanol–water partition coefficient (Wildman–Crippen LogP) is 3.18. The zero-order valence-corrected chi connectivity index (χ0v) is 13.8. The number of hydrogen-bond donors (Lipinski definition) is 2. The molecule has 0 aliphatic heterocycles. The Bertz CT molecular complexity index is 449. The van der Waals surface area contributed by atoms with E-state index in [1.807, 2.05) is 20.8 Å². The topological polar surface area (TPSA) is 66.9 Å². The van der Waals surface area contributed by atoms with Gasteiger partial charge in [-0.15, -0.1) is 0 Å². The molecule has 2 N–H and O–H groups in total. The SMILES string of the molecule is CC.Cc1cnc(Cl)nc1NCCCNC(=O)C1CCC1. The van der Waals surface area contributed by atoms with Crippen LogP contribution in [-0.2, 0) is 4.79 Å². The average molecular weight is 313 g/mol. The van der Waals surface area contributed by atoms with E-state index in [1.165, 1.54) is 6.42 Å². The summed E-state index contributed by atoms with van der Waals surface area (Å²) >= 11 is 5.74. The molecule has 0 unspecified atom stereocenters. The highest BCUT2D eigenvalue weighted by Crippen LogP contribution is 2.26. The first-order valence-corrected chi connectivity index (χ1v) is 8.05. The number of halogens is 1. The third kappa shape index (κ3) is 5.87. The zero-order valence-electron chi connectivity index (χ0n) is 13.1. The first-order valence-electron chi connectivity index (χ1n) is 7.67. The van der Waals surface area contributed by atoms with Crippen LogP contribution in [0, 0.1) is 12.8 Å². The van der Waals surface area contributed by atoms with Gasteiger partial charge in [-0.3, -0.25) is 4.79 Å². The van der Waals surface area contributed by atoms with E-state index in [2.05, 4.69) is 20.6 Å². The van der Waals surface area contributed by atoms with Crippen molar-refractivity contribution in [1.82, 2.24) is 15.3 Å². The summed E-state index contributed by atoms with van der Waals surface area (Å²) in [5.41, 5.74) is 0.961. The molecule has 1 heterocycles. The maximum absolute atomic E-state index is 11.6. The maximum Gasteiger partial charge on any atom is 0.224 e. The fourth-order valence-electron chi connectivity index (χ4n) is 1.92. The molecule has 1 aromatic heterocycles. The largest absolute Gasteiger partial charge is 0.370 e. The second-order valence-electron chi connectivity index (χ2n) is 4.87. The van der Waals surface area contributed by atoms with Gasteiger partial charge in [-0.05, 0) is 37.8 Å². The van der Waals surface area contributed by atoms with Crippen molar-refractivity contribution in [2.24, 2.45) is 5.92 Å². The lowest BCUT2D eigenvalue weighted by atomic mass is 9.85. The minimum atomic E-state index is 0.201. The van der Waals surface area contributed by atoms with Gasteiger partial charge in [0.2, 0.25) is 11.2 Å². The molecule has 0 atom stereocenters. The van der Waals surface area contributed by atoms with E-state index >= 15 is 0 Å². The van der Waals surface area contributed by atoms with Crippen molar-refractivity contribution < 1.29 is 4.79 Å². The van der Waals surface area contributed by atoms with E-state index in [9.17, 15) is 4.79 Å². The van der Waals surface area contributed by atoms with E-state index in [-0.39, 0.29) is 17.1 Å². The summed E-state index contributed by atoms with van der Waals surface area (Å²) in [5.74, 6) is 1.22. The second kappa shape index (κ2) is 9.55. The van der Waals surface area contributed by atoms with Crippen molar-refractivity contribution in [2.75, 3.05) is 18.4 Å². The fraction of sp³-hybridized carbons (Fsp3) is 0.667. The van der Waals surface area contributed by atoms with Gasteiger partial charge >= 0.3 is 0 Å². The normalized spacial score (nSPS) is 13.7. The lowest BCUT2D eigenvalue weighted by Crippen LogP contribution is -2.35. The van der Waals surface area contributed by atoms with Crippen LogP contribution in [-0.4, -0.2) is 29.0 Å². The molecule has 0 radical (unpaired) electrons. The number of nitrogens with one attached hydrogen (secondary N) is 2. The van der Waals surface area contributed by atoms with Gasteiger partial charge in [-0.25, -0.2) is 9.97 Å². The van der Waals surface area contributed by atoms with Gasteiger partial charge in [0, 0.05) is 30.8 Å². The number of aromatic nitrogens is 2. The quantitative estimate of drug-likeness (QED) is 0.625. The van der Waals surface area contributed by atoms with E-state index in [0.717, 1.165) is 37.2 Å². The van der Waals surface area contributed by atoms with Crippen molar-refractivity contribution in [3.05, 3.63) is 17.0 Å². The van der Waals surface area contributed by atoms with Crippen LogP contribution in [0.4, 0.5) is 5.82 Å². The minimum Gasteiger partial charge on any atom is -0.370 e. The molecule has 5 nitrogen and oxygen atoms in total. The van der Waals surface area contributed by atoms with E-state index < -0.39 is 0 Å². The standard InChI is InChI=1S/C13H19ClN4O.C2H6/c1-9-8-17-13(14)18-11(9)15-6-3-7-16-12(19)10-4-2-5-10;1-2/h8,10H,2-7H2,1H3,(H,16,19)(H,15,17,18);1-2H3. The van der Waals surface area contributed by atoms with Crippen molar-refractivity contribution >= 4 is 23.3 Å². The number of carbonyl (C=O) groups excluding carboxylic acids is 1. The maximum atomic E-state index is 11.6. The van der Waals surface area contributed by atoms with Gasteiger partial charge in [0.05, 0.1) is 0 Å². The van der Waals surface area contributed by atoms with Gasteiger partial charge in [-0.1, -0.05) is 20.3 Å². The van der Waals surface area contributed by atoms with Crippen LogP contribution < -0.4 is 10.6 Å². The summed E-state index contributed by atoms with van der Waals surface area (Å²) < 4.78 is 0. The summed E-state index contributed by atoms with van der Waals surface area (Å²) in [5, 5.41) is 6.40. The number of anilines is 1. The van der Waals surface area contributed by atoms with Gasteiger partial charge in [0.1, 0.15) is 5.82 Å². The summed E-state index contributed by atoms with van der Waals surface area (Å²) in [6, 6.07) is 0. The Morgan fingerprint density at radius 2 is 2.10 bits per heavy atom. The van der Waals surface area contributed by atoms with Crippen LogP contribution in [0.3, 0.4) is 0 Å². The summed E-state index contributed by atoms with van der Waals surface area (Å²) in [6.07, 6.45) is 5.83. The van der Waals surface area contributed by atoms with Crippen LogP contribution in [0.1, 0.15) is 45.1 Å². The molecule has 118 valence electrons. The molecule has 21 heavy (non-hydrogen) atoms. The lowest BCUT2D eigenvalue weighted by Gasteiger charge is -2.24. The number of nitrogens with zero attached hydrogens (tertiary/aromatic N) is 2. The molecule has 6 heteroatoms. The smallest absolute Gasteiger partial charge is 0.224 e. The number of rotatable bonds is 6. The van der Waals surface area contributed by atoms with Crippen molar-refractivity contribution in [1.29, 1.82) is 0 Å². The van der Waals surface area contributed by atoms with Gasteiger partial charge in [0.25, 0.3) is 0 Å². The first kappa shape index (κ1) is 17.7.